The Bertz CT molecular complexity index is 979. The Morgan fingerprint density at radius 1 is 1.25 bits per heavy atom. The van der Waals surface area contributed by atoms with Crippen LogP contribution in [-0.2, 0) is 24.3 Å². The van der Waals surface area contributed by atoms with Crippen LogP contribution in [0.15, 0.2) is 52.6 Å². The summed E-state index contributed by atoms with van der Waals surface area (Å²) in [6.07, 6.45) is 3.53. The van der Waals surface area contributed by atoms with Gasteiger partial charge < -0.3 is 19.7 Å². The van der Waals surface area contributed by atoms with Gasteiger partial charge in [0.2, 0.25) is 0 Å². The molecule has 0 fully saturated rings. The number of benzene rings is 1. The molecule has 0 bridgehead atoms. The van der Waals surface area contributed by atoms with Gasteiger partial charge in [0.05, 0.1) is 12.9 Å². The number of amides is 1. The fraction of sp³-hybridized carbons (Fsp3) is 0.278. The average Bonchev–Trinajstić information content (AvgIpc) is 2.67. The van der Waals surface area contributed by atoms with E-state index in [0.717, 1.165) is 0 Å². The molecule has 2 aliphatic heterocycles. The van der Waals surface area contributed by atoms with E-state index >= 15 is 0 Å². The Morgan fingerprint density at radius 2 is 1.96 bits per heavy atom. The van der Waals surface area contributed by atoms with Crippen LogP contribution < -0.4 is 10.1 Å². The van der Waals surface area contributed by atoms with Crippen molar-refractivity contribution in [3.63, 3.8) is 0 Å². The Balaban J connectivity index is 1.67. The fourth-order valence-corrected chi connectivity index (χ4v) is 3.56. The van der Waals surface area contributed by atoms with Crippen molar-refractivity contribution < 1.29 is 27.5 Å². The number of hydrogen-bond acceptors (Lipinski definition) is 7. The normalized spacial score (nSPS) is 18.3. The molecule has 0 aromatic heterocycles. The fourth-order valence-electron chi connectivity index (χ4n) is 2.57. The Morgan fingerprint density at radius 3 is 2.64 bits per heavy atom. The van der Waals surface area contributed by atoms with Crippen LogP contribution in [0.5, 0.6) is 5.75 Å². The molecule has 1 atom stereocenters. The number of amidine groups is 1. The number of nitrogens with zero attached hydrogens (tertiary/aromatic N) is 2. The molecule has 1 amide bonds. The van der Waals surface area contributed by atoms with Crippen molar-refractivity contribution in [1.82, 2.24) is 4.90 Å². The van der Waals surface area contributed by atoms with Gasteiger partial charge in [0.1, 0.15) is 11.3 Å². The van der Waals surface area contributed by atoms with E-state index in [9.17, 15) is 18.0 Å². The average molecular weight is 405 g/mol. The summed E-state index contributed by atoms with van der Waals surface area (Å²) in [4.78, 5) is 26.3. The third-order valence-electron chi connectivity index (χ3n) is 4.09. The summed E-state index contributed by atoms with van der Waals surface area (Å²) in [7, 11) is -2.10. The lowest BCUT2D eigenvalue weighted by Crippen LogP contribution is -2.41. The molecular formula is C18H19N3O6S. The van der Waals surface area contributed by atoms with E-state index in [2.05, 4.69) is 9.71 Å². The molecule has 1 N–H and O–H groups in total. The number of methoxy groups -OCH3 is 1. The lowest BCUT2D eigenvalue weighted by atomic mass is 10.1. The summed E-state index contributed by atoms with van der Waals surface area (Å²) >= 11 is 0. The SMILES string of the molecule is COc1ccc(NC(=O)[C@H](C)OC(=O)C2=CC=CN3CCS(=O)(=O)N=C23)cc1. The van der Waals surface area contributed by atoms with Crippen LogP contribution >= 0.6 is 0 Å². The molecule has 0 aliphatic carbocycles. The quantitative estimate of drug-likeness (QED) is 0.729. The number of anilines is 1. The van der Waals surface area contributed by atoms with Gasteiger partial charge in [-0.1, -0.05) is 0 Å². The summed E-state index contributed by atoms with van der Waals surface area (Å²) < 4.78 is 37.4. The van der Waals surface area contributed by atoms with E-state index < -0.39 is 28.0 Å². The molecule has 9 nitrogen and oxygen atoms in total. The van der Waals surface area contributed by atoms with Gasteiger partial charge in [-0.25, -0.2) is 13.2 Å². The second-order valence-electron chi connectivity index (χ2n) is 6.08. The number of nitrogens with one attached hydrogen (secondary N) is 1. The molecule has 0 saturated carbocycles. The predicted molar refractivity (Wildman–Crippen MR) is 102 cm³/mol. The zero-order valence-corrected chi connectivity index (χ0v) is 16.1. The van der Waals surface area contributed by atoms with Crippen molar-refractivity contribution in [3.8, 4) is 5.75 Å². The van der Waals surface area contributed by atoms with Gasteiger partial charge in [0, 0.05) is 18.4 Å². The van der Waals surface area contributed by atoms with Gasteiger partial charge >= 0.3 is 5.97 Å². The summed E-state index contributed by atoms with van der Waals surface area (Å²) in [5.41, 5.74) is 0.498. The van der Waals surface area contributed by atoms with E-state index in [1.807, 2.05) is 0 Å². The van der Waals surface area contributed by atoms with Gasteiger partial charge in [-0.15, -0.1) is 4.40 Å². The third kappa shape index (κ3) is 4.39. The van der Waals surface area contributed by atoms with Crippen molar-refractivity contribution >= 4 is 33.4 Å². The number of carbonyl (C=O) groups is 2. The van der Waals surface area contributed by atoms with Crippen LogP contribution in [0.3, 0.4) is 0 Å². The van der Waals surface area contributed by atoms with Gasteiger partial charge in [0.25, 0.3) is 15.9 Å². The first-order valence-corrected chi connectivity index (χ1v) is 10.0. The number of carbonyl (C=O) groups excluding carboxylic acids is 2. The summed E-state index contributed by atoms with van der Waals surface area (Å²) in [5.74, 6) is -0.851. The minimum absolute atomic E-state index is 0.00140. The monoisotopic (exact) mass is 405 g/mol. The molecule has 0 spiro atoms. The summed E-state index contributed by atoms with van der Waals surface area (Å²) in [6.45, 7) is 1.61. The lowest BCUT2D eigenvalue weighted by molar-refractivity contribution is -0.148. The molecule has 0 saturated heterocycles. The minimum Gasteiger partial charge on any atom is -0.497 e. The van der Waals surface area contributed by atoms with Gasteiger partial charge in [-0.05, 0) is 43.3 Å². The maximum Gasteiger partial charge on any atom is 0.342 e. The highest BCUT2D eigenvalue weighted by atomic mass is 32.2. The van der Waals surface area contributed by atoms with Gasteiger partial charge in [0.15, 0.2) is 11.9 Å². The molecule has 148 valence electrons. The van der Waals surface area contributed by atoms with Crippen LogP contribution in [-0.4, -0.2) is 56.5 Å². The van der Waals surface area contributed by atoms with E-state index in [4.69, 9.17) is 9.47 Å². The summed E-state index contributed by atoms with van der Waals surface area (Å²) in [5, 5.41) is 2.63. The maximum atomic E-state index is 12.5. The number of fused-ring (bicyclic) bond motifs is 1. The number of sulfonamides is 1. The van der Waals surface area contributed by atoms with Crippen molar-refractivity contribution in [2.24, 2.45) is 4.40 Å². The van der Waals surface area contributed by atoms with Gasteiger partial charge in [-0.3, -0.25) is 4.79 Å². The molecule has 28 heavy (non-hydrogen) atoms. The Labute approximate surface area is 162 Å². The molecule has 2 heterocycles. The smallest absolute Gasteiger partial charge is 0.342 e. The van der Waals surface area contributed by atoms with Crippen LogP contribution in [0.1, 0.15) is 6.92 Å². The molecular weight excluding hydrogens is 386 g/mol. The van der Waals surface area contributed by atoms with Crippen LogP contribution in [0.4, 0.5) is 5.69 Å². The Kier molecular flexibility index (Phi) is 5.50. The number of rotatable bonds is 5. The van der Waals surface area contributed by atoms with Gasteiger partial charge in [-0.2, -0.15) is 0 Å². The summed E-state index contributed by atoms with van der Waals surface area (Å²) in [6, 6.07) is 6.67. The standard InChI is InChI=1S/C18H19N3O6S/c1-12(17(22)19-13-5-7-14(26-2)8-6-13)27-18(23)15-4-3-9-21-10-11-28(24,25)20-16(15)21/h3-9,12H,10-11H2,1-2H3,(H,19,22)/t12-/m0/s1. The number of hydrogen-bond donors (Lipinski definition) is 1. The molecule has 0 radical (unpaired) electrons. The van der Waals surface area contributed by atoms with E-state index in [1.54, 1.807) is 41.4 Å². The second-order valence-corrected chi connectivity index (χ2v) is 7.84. The van der Waals surface area contributed by atoms with Crippen molar-refractivity contribution in [2.45, 2.75) is 13.0 Å². The maximum absolute atomic E-state index is 12.5. The van der Waals surface area contributed by atoms with Crippen LogP contribution in [0.2, 0.25) is 0 Å². The van der Waals surface area contributed by atoms with Crippen LogP contribution in [0.25, 0.3) is 0 Å². The number of ether oxygens (including phenoxy) is 2. The highest BCUT2D eigenvalue weighted by molar-refractivity contribution is 7.90. The van der Waals surface area contributed by atoms with Crippen molar-refractivity contribution in [3.05, 3.63) is 48.2 Å². The lowest BCUT2D eigenvalue weighted by Gasteiger charge is -2.28. The predicted octanol–water partition coefficient (Wildman–Crippen LogP) is 1.06. The van der Waals surface area contributed by atoms with Crippen molar-refractivity contribution in [1.29, 1.82) is 0 Å². The largest absolute Gasteiger partial charge is 0.497 e. The first kappa shape index (κ1) is 19.6. The molecule has 2 aliphatic rings. The molecule has 1 aromatic carbocycles. The highest BCUT2D eigenvalue weighted by Crippen LogP contribution is 2.20. The zero-order valence-electron chi connectivity index (χ0n) is 15.3. The van der Waals surface area contributed by atoms with E-state index in [-0.39, 0.29) is 23.7 Å². The topological polar surface area (TPSA) is 114 Å². The number of esters is 1. The Hall–Kier alpha value is -3.14. The first-order valence-electron chi connectivity index (χ1n) is 8.43. The molecule has 0 unspecified atom stereocenters. The molecule has 3 rings (SSSR count). The first-order chi connectivity index (χ1) is 13.3. The third-order valence-corrected chi connectivity index (χ3v) is 5.24. The van der Waals surface area contributed by atoms with E-state index in [0.29, 0.717) is 11.4 Å². The number of allylic oxidation sites excluding steroid dienone is 2. The highest BCUT2D eigenvalue weighted by Gasteiger charge is 2.32. The molecule has 10 heteroatoms. The van der Waals surface area contributed by atoms with Crippen LogP contribution in [0, 0.1) is 0 Å². The van der Waals surface area contributed by atoms with E-state index in [1.165, 1.54) is 20.1 Å². The molecule has 1 aromatic rings. The minimum atomic E-state index is -3.64. The van der Waals surface area contributed by atoms with Crippen molar-refractivity contribution in [2.75, 3.05) is 24.7 Å². The zero-order chi connectivity index (χ0) is 20.3. The second kappa shape index (κ2) is 7.85.